The van der Waals surface area contributed by atoms with Gasteiger partial charge in [-0.1, -0.05) is 11.6 Å². The maximum atomic E-state index is 12.6. The van der Waals surface area contributed by atoms with Crippen molar-refractivity contribution >= 4 is 34.8 Å². The van der Waals surface area contributed by atoms with E-state index in [9.17, 15) is 4.79 Å². The molecule has 0 unspecified atom stereocenters. The first-order chi connectivity index (χ1) is 13.6. The molecule has 2 N–H and O–H groups in total. The van der Waals surface area contributed by atoms with Crippen LogP contribution in [0.15, 0.2) is 48.7 Å². The molecule has 3 aromatic rings. The molecule has 0 fully saturated rings. The van der Waals surface area contributed by atoms with E-state index in [1.165, 1.54) is 19.4 Å². The Kier molecular flexibility index (Phi) is 4.86. The zero-order chi connectivity index (χ0) is 19.5. The van der Waals surface area contributed by atoms with Crippen LogP contribution in [-0.4, -0.2) is 29.8 Å². The lowest BCUT2D eigenvalue weighted by molar-refractivity contribution is 0.102. The number of aromatic nitrogens is 2. The number of hydrogen-bond donors (Lipinski definition) is 2. The van der Waals surface area contributed by atoms with Crippen molar-refractivity contribution in [2.24, 2.45) is 0 Å². The van der Waals surface area contributed by atoms with E-state index in [4.69, 9.17) is 25.8 Å². The molecule has 1 amide bonds. The first kappa shape index (κ1) is 17.9. The Morgan fingerprint density at radius 2 is 2.00 bits per heavy atom. The minimum atomic E-state index is -0.420. The number of ether oxygens (including phenoxy) is 3. The average Bonchev–Trinajstić information content (AvgIpc) is 3.16. The van der Waals surface area contributed by atoms with Crippen LogP contribution in [0.3, 0.4) is 0 Å². The lowest BCUT2D eigenvalue weighted by atomic mass is 10.2. The lowest BCUT2D eigenvalue weighted by Gasteiger charge is -2.11. The number of methoxy groups -OCH3 is 1. The SMILES string of the molecule is COc1ccc(Cl)cc1NC(=O)c1ccnc(Nc2ccc3c(c2)OCO3)n1. The molecule has 1 aliphatic rings. The van der Waals surface area contributed by atoms with Gasteiger partial charge in [0.15, 0.2) is 11.5 Å². The van der Waals surface area contributed by atoms with Crippen LogP contribution in [0, 0.1) is 0 Å². The van der Waals surface area contributed by atoms with Gasteiger partial charge in [0.1, 0.15) is 11.4 Å². The minimum absolute atomic E-state index is 0.181. The van der Waals surface area contributed by atoms with Gasteiger partial charge in [0.05, 0.1) is 12.8 Å². The second-order valence-electron chi connectivity index (χ2n) is 5.76. The highest BCUT2D eigenvalue weighted by Crippen LogP contribution is 2.34. The molecule has 0 atom stereocenters. The summed E-state index contributed by atoms with van der Waals surface area (Å²) < 4.78 is 15.9. The van der Waals surface area contributed by atoms with Gasteiger partial charge in [-0.2, -0.15) is 0 Å². The summed E-state index contributed by atoms with van der Waals surface area (Å²) in [6, 6.07) is 11.8. The van der Waals surface area contributed by atoms with Gasteiger partial charge in [-0.3, -0.25) is 4.79 Å². The molecule has 0 spiro atoms. The van der Waals surface area contributed by atoms with E-state index in [0.29, 0.717) is 33.6 Å². The molecule has 2 aromatic carbocycles. The van der Waals surface area contributed by atoms with Crippen molar-refractivity contribution in [2.75, 3.05) is 24.5 Å². The summed E-state index contributed by atoms with van der Waals surface area (Å²) in [5.74, 6) is 1.65. The number of rotatable bonds is 5. The zero-order valence-corrected chi connectivity index (χ0v) is 15.5. The Morgan fingerprint density at radius 1 is 1.14 bits per heavy atom. The fraction of sp³-hybridized carbons (Fsp3) is 0.105. The van der Waals surface area contributed by atoms with Gasteiger partial charge in [-0.25, -0.2) is 9.97 Å². The van der Waals surface area contributed by atoms with Crippen molar-refractivity contribution in [3.05, 3.63) is 59.4 Å². The quantitative estimate of drug-likeness (QED) is 0.673. The van der Waals surface area contributed by atoms with Crippen LogP contribution in [-0.2, 0) is 0 Å². The molecule has 0 bridgehead atoms. The molecular weight excluding hydrogens is 384 g/mol. The third-order valence-electron chi connectivity index (χ3n) is 3.93. The molecule has 28 heavy (non-hydrogen) atoms. The molecule has 8 nitrogen and oxygen atoms in total. The first-order valence-corrected chi connectivity index (χ1v) is 8.65. The fourth-order valence-electron chi connectivity index (χ4n) is 2.61. The van der Waals surface area contributed by atoms with Crippen molar-refractivity contribution in [3.63, 3.8) is 0 Å². The predicted octanol–water partition coefficient (Wildman–Crippen LogP) is 3.86. The van der Waals surface area contributed by atoms with Crippen molar-refractivity contribution in [1.82, 2.24) is 9.97 Å². The van der Waals surface area contributed by atoms with E-state index in [-0.39, 0.29) is 18.4 Å². The highest BCUT2D eigenvalue weighted by Gasteiger charge is 2.15. The third kappa shape index (κ3) is 3.77. The Labute approximate surface area is 165 Å². The molecule has 0 aliphatic carbocycles. The molecule has 0 saturated heterocycles. The van der Waals surface area contributed by atoms with Gasteiger partial charge in [-0.05, 0) is 36.4 Å². The number of anilines is 3. The summed E-state index contributed by atoms with van der Waals surface area (Å²) in [6.45, 7) is 0.192. The summed E-state index contributed by atoms with van der Waals surface area (Å²) in [7, 11) is 1.51. The van der Waals surface area contributed by atoms with E-state index in [1.54, 1.807) is 36.4 Å². The number of amides is 1. The van der Waals surface area contributed by atoms with E-state index in [2.05, 4.69) is 20.6 Å². The van der Waals surface area contributed by atoms with Gasteiger partial charge >= 0.3 is 0 Å². The standard InChI is InChI=1S/C19H15ClN4O4/c1-26-15-4-2-11(20)8-14(15)23-18(25)13-6-7-21-19(24-13)22-12-3-5-16-17(9-12)28-10-27-16/h2-9H,10H2,1H3,(H,23,25)(H,21,22,24). The highest BCUT2D eigenvalue weighted by molar-refractivity contribution is 6.31. The molecule has 0 radical (unpaired) electrons. The number of fused-ring (bicyclic) bond motifs is 1. The number of hydrogen-bond acceptors (Lipinski definition) is 7. The second-order valence-corrected chi connectivity index (χ2v) is 6.19. The molecule has 1 aliphatic heterocycles. The number of carbonyl (C=O) groups excluding carboxylic acids is 1. The van der Waals surface area contributed by atoms with Crippen molar-refractivity contribution in [1.29, 1.82) is 0 Å². The molecule has 0 saturated carbocycles. The predicted molar refractivity (Wildman–Crippen MR) is 104 cm³/mol. The van der Waals surface area contributed by atoms with Gasteiger partial charge in [-0.15, -0.1) is 0 Å². The fourth-order valence-corrected chi connectivity index (χ4v) is 2.79. The molecule has 4 rings (SSSR count). The van der Waals surface area contributed by atoms with Crippen molar-refractivity contribution in [2.45, 2.75) is 0 Å². The van der Waals surface area contributed by atoms with Crippen LogP contribution < -0.4 is 24.8 Å². The molecule has 142 valence electrons. The number of nitrogens with zero attached hydrogens (tertiary/aromatic N) is 2. The maximum absolute atomic E-state index is 12.6. The number of nitrogens with one attached hydrogen (secondary N) is 2. The van der Waals surface area contributed by atoms with E-state index in [1.807, 2.05) is 0 Å². The van der Waals surface area contributed by atoms with Crippen molar-refractivity contribution < 1.29 is 19.0 Å². The van der Waals surface area contributed by atoms with Crippen LogP contribution in [0.25, 0.3) is 0 Å². The summed E-state index contributed by atoms with van der Waals surface area (Å²) in [5, 5.41) is 6.26. The molecule has 2 heterocycles. The Morgan fingerprint density at radius 3 is 2.86 bits per heavy atom. The van der Waals surface area contributed by atoms with Crippen molar-refractivity contribution in [3.8, 4) is 17.2 Å². The van der Waals surface area contributed by atoms with Gasteiger partial charge in [0.2, 0.25) is 12.7 Å². The Hall–Kier alpha value is -3.52. The number of benzene rings is 2. The van der Waals surface area contributed by atoms with Crippen LogP contribution >= 0.6 is 11.6 Å². The first-order valence-electron chi connectivity index (χ1n) is 8.27. The van der Waals surface area contributed by atoms with Crippen LogP contribution in [0.1, 0.15) is 10.5 Å². The summed E-state index contributed by atoms with van der Waals surface area (Å²) in [6.07, 6.45) is 1.49. The monoisotopic (exact) mass is 398 g/mol. The van der Waals surface area contributed by atoms with Crippen LogP contribution in [0.2, 0.25) is 5.02 Å². The van der Waals surface area contributed by atoms with E-state index < -0.39 is 5.91 Å². The molecule has 1 aromatic heterocycles. The summed E-state index contributed by atoms with van der Waals surface area (Å²) >= 11 is 6.00. The molecular formula is C19H15ClN4O4. The number of carbonyl (C=O) groups is 1. The molecule has 9 heteroatoms. The topological polar surface area (TPSA) is 94.6 Å². The van der Waals surface area contributed by atoms with Gasteiger partial charge in [0.25, 0.3) is 5.91 Å². The zero-order valence-electron chi connectivity index (χ0n) is 14.7. The van der Waals surface area contributed by atoms with Crippen LogP contribution in [0.5, 0.6) is 17.2 Å². The van der Waals surface area contributed by atoms with E-state index in [0.717, 1.165) is 0 Å². The van der Waals surface area contributed by atoms with Gasteiger partial charge in [0, 0.05) is 23.0 Å². The lowest BCUT2D eigenvalue weighted by Crippen LogP contribution is -2.15. The summed E-state index contributed by atoms with van der Waals surface area (Å²) in [4.78, 5) is 21.0. The maximum Gasteiger partial charge on any atom is 0.274 e. The average molecular weight is 399 g/mol. The smallest absolute Gasteiger partial charge is 0.274 e. The Balaban J connectivity index is 1.52. The van der Waals surface area contributed by atoms with Gasteiger partial charge < -0.3 is 24.8 Å². The minimum Gasteiger partial charge on any atom is -0.495 e. The normalized spacial score (nSPS) is 11.8. The van der Waals surface area contributed by atoms with E-state index >= 15 is 0 Å². The summed E-state index contributed by atoms with van der Waals surface area (Å²) in [5.41, 5.74) is 1.34. The Bertz CT molecular complexity index is 1040. The highest BCUT2D eigenvalue weighted by atomic mass is 35.5. The largest absolute Gasteiger partial charge is 0.495 e. The number of halogens is 1. The third-order valence-corrected chi connectivity index (χ3v) is 4.16. The second kappa shape index (κ2) is 7.61. The van der Waals surface area contributed by atoms with Crippen LogP contribution in [0.4, 0.5) is 17.3 Å².